The predicted octanol–water partition coefficient (Wildman–Crippen LogP) is 2.14. The van der Waals surface area contributed by atoms with E-state index in [9.17, 15) is 4.79 Å². The number of hydrogen-bond donors (Lipinski definition) is 0. The fraction of sp³-hybridized carbons (Fsp3) is 0.600. The lowest BCUT2D eigenvalue weighted by Gasteiger charge is -2.32. The number of hydrogen-bond acceptors (Lipinski definition) is 2. The number of aromatic nitrogens is 2. The molecule has 2 aromatic rings. The number of carbonyl (C=O) groups excluding carboxylic acids is 1. The molecule has 1 aliphatic heterocycles. The maximum Gasteiger partial charge on any atom is 0.219 e. The second-order valence-corrected chi connectivity index (χ2v) is 8.82. The Morgan fingerprint density at radius 2 is 1.96 bits per heavy atom. The molecular formula is C20H30BN3O. The molecule has 0 spiro atoms. The van der Waals surface area contributed by atoms with E-state index < -0.39 is 0 Å². The van der Waals surface area contributed by atoms with E-state index in [4.69, 9.17) is 4.98 Å². The quantitative estimate of drug-likeness (QED) is 0.804. The molecule has 134 valence electrons. The van der Waals surface area contributed by atoms with E-state index in [1.807, 2.05) is 4.90 Å². The average molecular weight is 339 g/mol. The van der Waals surface area contributed by atoms with Gasteiger partial charge in [-0.2, -0.15) is 0 Å². The molecule has 1 fully saturated rings. The number of carbonyl (C=O) groups is 1. The first kappa shape index (κ1) is 18.0. The van der Waals surface area contributed by atoms with Crippen molar-refractivity contribution < 1.29 is 4.79 Å². The van der Waals surface area contributed by atoms with Crippen LogP contribution in [-0.4, -0.2) is 41.3 Å². The van der Waals surface area contributed by atoms with Gasteiger partial charge in [-0.1, -0.05) is 32.3 Å². The molecule has 0 atom stereocenters. The zero-order valence-corrected chi connectivity index (χ0v) is 16.3. The molecule has 0 aliphatic carbocycles. The third-order valence-corrected chi connectivity index (χ3v) is 5.17. The van der Waals surface area contributed by atoms with Gasteiger partial charge in [-0.3, -0.25) is 4.79 Å². The van der Waals surface area contributed by atoms with Gasteiger partial charge in [-0.05, 0) is 36.3 Å². The first-order chi connectivity index (χ1) is 11.7. The number of amides is 1. The smallest absolute Gasteiger partial charge is 0.219 e. The molecule has 0 unspecified atom stereocenters. The van der Waals surface area contributed by atoms with Crippen LogP contribution in [0.1, 0.15) is 46.4 Å². The number of piperidine rings is 1. The zero-order chi connectivity index (χ0) is 18.2. The number of benzene rings is 1. The summed E-state index contributed by atoms with van der Waals surface area (Å²) >= 11 is 0. The van der Waals surface area contributed by atoms with Crippen molar-refractivity contribution in [1.82, 2.24) is 14.5 Å². The second kappa shape index (κ2) is 6.85. The van der Waals surface area contributed by atoms with Crippen molar-refractivity contribution in [2.75, 3.05) is 13.1 Å². The Balaban J connectivity index is 1.86. The fourth-order valence-electron chi connectivity index (χ4n) is 3.79. The predicted molar refractivity (Wildman–Crippen MR) is 106 cm³/mol. The van der Waals surface area contributed by atoms with Crippen LogP contribution in [0, 0.1) is 11.3 Å². The Labute approximate surface area is 152 Å². The van der Waals surface area contributed by atoms with Crippen molar-refractivity contribution in [3.8, 4) is 0 Å². The van der Waals surface area contributed by atoms with Gasteiger partial charge >= 0.3 is 0 Å². The van der Waals surface area contributed by atoms with Crippen LogP contribution in [0.25, 0.3) is 11.0 Å². The summed E-state index contributed by atoms with van der Waals surface area (Å²) in [6.45, 7) is 11.3. The van der Waals surface area contributed by atoms with Crippen molar-refractivity contribution in [2.24, 2.45) is 11.3 Å². The van der Waals surface area contributed by atoms with Gasteiger partial charge < -0.3 is 9.47 Å². The van der Waals surface area contributed by atoms with Crippen LogP contribution in [0.15, 0.2) is 18.2 Å². The number of likely N-dealkylation sites (tertiary alicyclic amines) is 1. The molecule has 2 heterocycles. The van der Waals surface area contributed by atoms with E-state index in [0.29, 0.717) is 5.92 Å². The number of imidazole rings is 1. The molecule has 0 saturated carbocycles. The maximum atomic E-state index is 11.6. The fourth-order valence-corrected chi connectivity index (χ4v) is 3.79. The Morgan fingerprint density at radius 3 is 2.56 bits per heavy atom. The second-order valence-electron chi connectivity index (χ2n) is 8.82. The summed E-state index contributed by atoms with van der Waals surface area (Å²) in [4.78, 5) is 18.5. The highest BCUT2D eigenvalue weighted by molar-refractivity contribution is 6.33. The largest absolute Gasteiger partial charge is 0.343 e. The molecular weight excluding hydrogens is 309 g/mol. The van der Waals surface area contributed by atoms with Gasteiger partial charge in [0.2, 0.25) is 5.91 Å². The third kappa shape index (κ3) is 4.25. The van der Waals surface area contributed by atoms with Crippen LogP contribution >= 0.6 is 0 Å². The molecule has 0 radical (unpaired) electrons. The number of fused-ring (bicyclic) bond motifs is 1. The van der Waals surface area contributed by atoms with Crippen molar-refractivity contribution in [1.29, 1.82) is 0 Å². The topological polar surface area (TPSA) is 38.1 Å². The highest BCUT2D eigenvalue weighted by Crippen LogP contribution is 2.27. The Hall–Kier alpha value is -1.78. The van der Waals surface area contributed by atoms with Gasteiger partial charge in [0.25, 0.3) is 0 Å². The summed E-state index contributed by atoms with van der Waals surface area (Å²) in [6, 6.07) is 6.59. The van der Waals surface area contributed by atoms with Crippen LogP contribution in [-0.2, 0) is 17.8 Å². The average Bonchev–Trinajstić information content (AvgIpc) is 2.82. The molecule has 1 amide bonds. The van der Waals surface area contributed by atoms with Gasteiger partial charge in [-0.25, -0.2) is 4.98 Å². The van der Waals surface area contributed by atoms with Crippen LogP contribution in [0.2, 0.25) is 0 Å². The van der Waals surface area contributed by atoms with E-state index in [1.165, 1.54) is 16.8 Å². The molecule has 1 aromatic heterocycles. The van der Waals surface area contributed by atoms with Gasteiger partial charge in [-0.15, -0.1) is 0 Å². The lowest BCUT2D eigenvalue weighted by molar-refractivity contribution is -0.130. The molecule has 25 heavy (non-hydrogen) atoms. The molecule has 3 rings (SSSR count). The summed E-state index contributed by atoms with van der Waals surface area (Å²) in [5, 5.41) is 0. The van der Waals surface area contributed by atoms with E-state index in [0.717, 1.165) is 44.4 Å². The molecule has 0 bridgehead atoms. The van der Waals surface area contributed by atoms with E-state index in [-0.39, 0.29) is 11.3 Å². The highest BCUT2D eigenvalue weighted by atomic mass is 16.2. The summed E-state index contributed by atoms with van der Waals surface area (Å²) in [5.74, 6) is 2.02. The monoisotopic (exact) mass is 339 g/mol. The van der Waals surface area contributed by atoms with Gasteiger partial charge in [0.05, 0.1) is 11.0 Å². The van der Waals surface area contributed by atoms with Crippen LogP contribution in [0.3, 0.4) is 0 Å². The van der Waals surface area contributed by atoms with Crippen LogP contribution < -0.4 is 5.46 Å². The molecule has 5 heteroatoms. The molecule has 1 saturated heterocycles. The molecule has 0 N–H and O–H groups in total. The summed E-state index contributed by atoms with van der Waals surface area (Å²) in [5.41, 5.74) is 3.83. The van der Waals surface area contributed by atoms with Crippen LogP contribution in [0.4, 0.5) is 0 Å². The van der Waals surface area contributed by atoms with Gasteiger partial charge in [0.15, 0.2) is 0 Å². The normalized spacial score (nSPS) is 16.6. The SMILES string of the molecule is Bc1ccc2c(c1)nc(CC(C)(C)C)n2CC1CCN(C(C)=O)CC1. The van der Waals surface area contributed by atoms with Crippen LogP contribution in [0.5, 0.6) is 0 Å². The maximum absolute atomic E-state index is 11.6. The van der Waals surface area contributed by atoms with E-state index in [2.05, 4.69) is 51.4 Å². The summed E-state index contributed by atoms with van der Waals surface area (Å²) in [7, 11) is 2.12. The number of rotatable bonds is 3. The Kier molecular flexibility index (Phi) is 4.94. The van der Waals surface area contributed by atoms with E-state index >= 15 is 0 Å². The summed E-state index contributed by atoms with van der Waals surface area (Å²) < 4.78 is 2.44. The Bertz CT molecular complexity index is 767. The van der Waals surface area contributed by atoms with Crippen molar-refractivity contribution in [3.63, 3.8) is 0 Å². The third-order valence-electron chi connectivity index (χ3n) is 5.17. The standard InChI is InChI=1S/C20H30BN3O/c1-14(25)23-9-7-15(8-10-23)13-24-18-6-5-16(21)11-17(18)22-19(24)12-20(2,3)4/h5-6,11,15H,7-10,12-13,21H2,1-4H3. The van der Waals surface area contributed by atoms with Crippen molar-refractivity contribution in [3.05, 3.63) is 24.0 Å². The van der Waals surface area contributed by atoms with Gasteiger partial charge in [0.1, 0.15) is 13.7 Å². The molecule has 1 aliphatic rings. The van der Waals surface area contributed by atoms with E-state index in [1.54, 1.807) is 6.92 Å². The van der Waals surface area contributed by atoms with Gasteiger partial charge in [0, 0.05) is 33.0 Å². The van der Waals surface area contributed by atoms with Crippen molar-refractivity contribution in [2.45, 2.75) is 53.5 Å². The van der Waals surface area contributed by atoms with Crippen molar-refractivity contribution >= 4 is 30.2 Å². The highest BCUT2D eigenvalue weighted by Gasteiger charge is 2.24. The molecule has 4 nitrogen and oxygen atoms in total. The first-order valence-electron chi connectivity index (χ1n) is 9.44. The molecule has 1 aromatic carbocycles. The summed E-state index contributed by atoms with van der Waals surface area (Å²) in [6.07, 6.45) is 3.15. The number of nitrogens with zero attached hydrogens (tertiary/aromatic N) is 3. The minimum Gasteiger partial charge on any atom is -0.343 e. The zero-order valence-electron chi connectivity index (χ0n) is 16.3. The minimum absolute atomic E-state index is 0.204. The Morgan fingerprint density at radius 1 is 1.28 bits per heavy atom. The lowest BCUT2D eigenvalue weighted by Crippen LogP contribution is -2.38. The first-order valence-corrected chi connectivity index (χ1v) is 9.44. The minimum atomic E-state index is 0.204. The lowest BCUT2D eigenvalue weighted by atomic mass is 9.91.